The van der Waals surface area contributed by atoms with E-state index >= 15 is 0 Å². The van der Waals surface area contributed by atoms with Gasteiger partial charge in [0, 0.05) is 19.3 Å². The number of likely N-dealkylation sites (tertiary alicyclic amines) is 1. The third-order valence-electron chi connectivity index (χ3n) is 4.93. The maximum Gasteiger partial charge on any atom is 0.257 e. The molecule has 5 nitrogen and oxygen atoms in total. The first-order chi connectivity index (χ1) is 11.9. The SMILES string of the molecule is CC(C)(C)n1cc(C(=O)N2CCC(C(O)c3ccccc3)CC2)cn1. The van der Waals surface area contributed by atoms with Crippen LogP contribution in [-0.2, 0) is 5.54 Å². The minimum absolute atomic E-state index is 0.0307. The monoisotopic (exact) mass is 341 g/mol. The number of amides is 1. The van der Waals surface area contributed by atoms with Crippen molar-refractivity contribution >= 4 is 5.91 Å². The molecule has 1 aliphatic heterocycles. The lowest BCUT2D eigenvalue weighted by Crippen LogP contribution is -2.39. The maximum absolute atomic E-state index is 12.7. The van der Waals surface area contributed by atoms with Crippen molar-refractivity contribution < 1.29 is 9.90 Å². The van der Waals surface area contributed by atoms with Gasteiger partial charge in [0.05, 0.1) is 23.4 Å². The Bertz CT molecular complexity index is 710. The molecule has 5 heteroatoms. The number of nitrogens with zero attached hydrogens (tertiary/aromatic N) is 3. The van der Waals surface area contributed by atoms with Crippen LogP contribution in [0.1, 0.15) is 55.6 Å². The minimum atomic E-state index is -0.456. The van der Waals surface area contributed by atoms with E-state index in [0.29, 0.717) is 18.7 Å². The summed E-state index contributed by atoms with van der Waals surface area (Å²) in [5, 5.41) is 14.9. The predicted molar refractivity (Wildman–Crippen MR) is 97.3 cm³/mol. The van der Waals surface area contributed by atoms with Gasteiger partial charge in [-0.1, -0.05) is 30.3 Å². The van der Waals surface area contributed by atoms with Crippen LogP contribution in [-0.4, -0.2) is 38.8 Å². The van der Waals surface area contributed by atoms with Crippen LogP contribution >= 0.6 is 0 Å². The fourth-order valence-electron chi connectivity index (χ4n) is 3.32. The average molecular weight is 341 g/mol. The molecule has 1 atom stereocenters. The third kappa shape index (κ3) is 3.93. The van der Waals surface area contributed by atoms with Gasteiger partial charge in [0.15, 0.2) is 0 Å². The van der Waals surface area contributed by atoms with E-state index in [2.05, 4.69) is 25.9 Å². The van der Waals surface area contributed by atoms with Crippen molar-refractivity contribution in [2.75, 3.05) is 13.1 Å². The van der Waals surface area contributed by atoms with Gasteiger partial charge in [0.25, 0.3) is 5.91 Å². The zero-order valence-corrected chi connectivity index (χ0v) is 15.2. The number of aliphatic hydroxyl groups excluding tert-OH is 1. The molecule has 1 saturated heterocycles. The number of piperidine rings is 1. The van der Waals surface area contributed by atoms with Crippen molar-refractivity contribution in [3.8, 4) is 0 Å². The van der Waals surface area contributed by atoms with Crippen LogP contribution < -0.4 is 0 Å². The number of benzene rings is 1. The Morgan fingerprint density at radius 3 is 2.40 bits per heavy atom. The molecule has 0 saturated carbocycles. The van der Waals surface area contributed by atoms with E-state index in [-0.39, 0.29) is 17.4 Å². The topological polar surface area (TPSA) is 58.4 Å². The van der Waals surface area contributed by atoms with Crippen LogP contribution in [0.4, 0.5) is 0 Å². The van der Waals surface area contributed by atoms with Crippen molar-refractivity contribution in [3.63, 3.8) is 0 Å². The molecule has 0 radical (unpaired) electrons. The number of hydrogen-bond donors (Lipinski definition) is 1. The smallest absolute Gasteiger partial charge is 0.257 e. The lowest BCUT2D eigenvalue weighted by atomic mass is 9.87. The fourth-order valence-corrected chi connectivity index (χ4v) is 3.32. The number of carbonyl (C=O) groups is 1. The second kappa shape index (κ2) is 7.00. The highest BCUT2D eigenvalue weighted by Gasteiger charge is 2.29. The molecule has 1 aliphatic rings. The zero-order valence-electron chi connectivity index (χ0n) is 15.2. The Kier molecular flexibility index (Phi) is 4.95. The number of carbonyl (C=O) groups excluding carboxylic acids is 1. The van der Waals surface area contributed by atoms with Crippen LogP contribution in [0.5, 0.6) is 0 Å². The van der Waals surface area contributed by atoms with E-state index in [0.717, 1.165) is 18.4 Å². The molecule has 0 bridgehead atoms. The lowest BCUT2D eigenvalue weighted by Gasteiger charge is -2.34. The highest BCUT2D eigenvalue weighted by molar-refractivity contribution is 5.93. The molecule has 2 heterocycles. The number of hydrogen-bond acceptors (Lipinski definition) is 3. The Morgan fingerprint density at radius 2 is 1.84 bits per heavy atom. The van der Waals surface area contributed by atoms with Gasteiger partial charge in [0.1, 0.15) is 0 Å². The third-order valence-corrected chi connectivity index (χ3v) is 4.93. The molecule has 0 spiro atoms. The van der Waals surface area contributed by atoms with Crippen LogP contribution in [0.15, 0.2) is 42.7 Å². The summed E-state index contributed by atoms with van der Waals surface area (Å²) in [6.45, 7) is 7.53. The first kappa shape index (κ1) is 17.7. The van der Waals surface area contributed by atoms with Gasteiger partial charge in [-0.2, -0.15) is 5.10 Å². The van der Waals surface area contributed by atoms with Gasteiger partial charge in [-0.15, -0.1) is 0 Å². The Morgan fingerprint density at radius 1 is 1.20 bits per heavy atom. The number of aromatic nitrogens is 2. The van der Waals surface area contributed by atoms with Gasteiger partial charge in [0.2, 0.25) is 0 Å². The van der Waals surface area contributed by atoms with E-state index in [9.17, 15) is 9.90 Å². The van der Waals surface area contributed by atoms with Crippen LogP contribution in [0, 0.1) is 5.92 Å². The van der Waals surface area contributed by atoms with E-state index in [1.54, 1.807) is 6.20 Å². The Balaban J connectivity index is 1.60. The highest BCUT2D eigenvalue weighted by atomic mass is 16.3. The van der Waals surface area contributed by atoms with E-state index in [1.807, 2.05) is 46.1 Å². The van der Waals surface area contributed by atoms with Crippen LogP contribution in [0.25, 0.3) is 0 Å². The second-order valence-electron chi connectivity index (χ2n) is 7.83. The van der Waals surface area contributed by atoms with Crippen molar-refractivity contribution in [2.45, 2.75) is 45.3 Å². The molecule has 1 amide bonds. The summed E-state index contributed by atoms with van der Waals surface area (Å²) in [6, 6.07) is 9.77. The molecule has 1 N–H and O–H groups in total. The summed E-state index contributed by atoms with van der Waals surface area (Å²) in [7, 11) is 0. The van der Waals surface area contributed by atoms with Gasteiger partial charge in [-0.25, -0.2) is 0 Å². The lowest BCUT2D eigenvalue weighted by molar-refractivity contribution is 0.0462. The standard InChI is InChI=1S/C20H27N3O2/c1-20(2,3)23-14-17(13-21-23)19(25)22-11-9-16(10-12-22)18(24)15-7-5-4-6-8-15/h4-8,13-14,16,18,24H,9-12H2,1-3H3. The van der Waals surface area contributed by atoms with Crippen LogP contribution in [0.2, 0.25) is 0 Å². The van der Waals surface area contributed by atoms with Gasteiger partial charge in [-0.3, -0.25) is 9.48 Å². The largest absolute Gasteiger partial charge is 0.388 e. The Labute approximate surface area is 149 Å². The molecule has 2 aromatic rings. The van der Waals surface area contributed by atoms with Crippen molar-refractivity contribution in [3.05, 3.63) is 53.9 Å². The summed E-state index contributed by atoms with van der Waals surface area (Å²) < 4.78 is 1.83. The predicted octanol–water partition coefficient (Wildman–Crippen LogP) is 3.22. The molecule has 1 aromatic heterocycles. The van der Waals surface area contributed by atoms with Crippen molar-refractivity contribution in [1.82, 2.24) is 14.7 Å². The van der Waals surface area contributed by atoms with Crippen molar-refractivity contribution in [2.24, 2.45) is 5.92 Å². The molecule has 1 aromatic carbocycles. The summed E-state index contributed by atoms with van der Waals surface area (Å²) >= 11 is 0. The van der Waals surface area contributed by atoms with Crippen LogP contribution in [0.3, 0.4) is 0 Å². The van der Waals surface area contributed by atoms with Gasteiger partial charge < -0.3 is 10.0 Å². The Hall–Kier alpha value is -2.14. The molecule has 3 rings (SSSR count). The highest BCUT2D eigenvalue weighted by Crippen LogP contribution is 2.31. The number of rotatable bonds is 3. The zero-order chi connectivity index (χ0) is 18.0. The first-order valence-electron chi connectivity index (χ1n) is 8.93. The summed E-state index contributed by atoms with van der Waals surface area (Å²) in [5.41, 5.74) is 1.46. The summed E-state index contributed by atoms with van der Waals surface area (Å²) in [5.74, 6) is 0.229. The normalized spacial score (nSPS) is 17.5. The molecule has 1 fully saturated rings. The van der Waals surface area contributed by atoms with E-state index in [1.165, 1.54) is 0 Å². The van der Waals surface area contributed by atoms with E-state index < -0.39 is 6.10 Å². The first-order valence-corrected chi connectivity index (χ1v) is 8.93. The number of aliphatic hydroxyl groups is 1. The molecular weight excluding hydrogens is 314 g/mol. The summed E-state index contributed by atoms with van der Waals surface area (Å²) in [4.78, 5) is 14.6. The molecule has 25 heavy (non-hydrogen) atoms. The molecule has 1 unspecified atom stereocenters. The van der Waals surface area contributed by atoms with Gasteiger partial charge >= 0.3 is 0 Å². The molecule has 134 valence electrons. The second-order valence-corrected chi connectivity index (χ2v) is 7.83. The molecule has 0 aliphatic carbocycles. The van der Waals surface area contributed by atoms with Crippen molar-refractivity contribution in [1.29, 1.82) is 0 Å². The fraction of sp³-hybridized carbons (Fsp3) is 0.500. The average Bonchev–Trinajstić information content (AvgIpc) is 3.12. The van der Waals surface area contributed by atoms with E-state index in [4.69, 9.17) is 0 Å². The quantitative estimate of drug-likeness (QED) is 0.932. The maximum atomic E-state index is 12.7. The van der Waals surface area contributed by atoms with Gasteiger partial charge in [-0.05, 0) is 45.1 Å². The molecular formula is C20H27N3O2. The summed E-state index contributed by atoms with van der Waals surface area (Å²) in [6.07, 6.45) is 4.65. The minimum Gasteiger partial charge on any atom is -0.388 e.